The molecule has 0 aromatic rings. The zero-order valence-electron chi connectivity index (χ0n) is 11.0. The highest BCUT2D eigenvalue weighted by atomic mass is 16.2. The van der Waals surface area contributed by atoms with E-state index < -0.39 is 0 Å². The van der Waals surface area contributed by atoms with Gasteiger partial charge in [-0.1, -0.05) is 0 Å². The molecule has 0 atom stereocenters. The number of carbonyl (C=O) groups is 2. The van der Waals surface area contributed by atoms with E-state index in [2.05, 4.69) is 17.6 Å². The second kappa shape index (κ2) is 6.00. The van der Waals surface area contributed by atoms with Crippen LogP contribution >= 0.6 is 0 Å². The molecule has 1 saturated heterocycles. The summed E-state index contributed by atoms with van der Waals surface area (Å²) in [7, 11) is 0. The molecule has 0 bridgehead atoms. The van der Waals surface area contributed by atoms with Crippen LogP contribution in [0.3, 0.4) is 0 Å². The first kappa shape index (κ1) is 14.0. The number of piperidine rings is 1. The van der Waals surface area contributed by atoms with Gasteiger partial charge < -0.3 is 15.5 Å². The zero-order chi connectivity index (χ0) is 12.9. The summed E-state index contributed by atoms with van der Waals surface area (Å²) in [5, 5.41) is 5.76. The van der Waals surface area contributed by atoms with Gasteiger partial charge in [-0.2, -0.15) is 0 Å². The van der Waals surface area contributed by atoms with Crippen LogP contribution in [0, 0.1) is 0 Å². The smallest absolute Gasteiger partial charge is 0.242 e. The Hall–Kier alpha value is -1.10. The lowest BCUT2D eigenvalue weighted by Crippen LogP contribution is -2.59. The van der Waals surface area contributed by atoms with Gasteiger partial charge >= 0.3 is 0 Å². The molecule has 1 rings (SSSR count). The van der Waals surface area contributed by atoms with Crippen molar-refractivity contribution in [2.75, 3.05) is 19.6 Å². The van der Waals surface area contributed by atoms with Gasteiger partial charge in [-0.15, -0.1) is 0 Å². The lowest BCUT2D eigenvalue weighted by atomic mass is 9.87. The van der Waals surface area contributed by atoms with Crippen molar-refractivity contribution >= 4 is 12.3 Å². The fourth-order valence-corrected chi connectivity index (χ4v) is 2.63. The first-order chi connectivity index (χ1) is 8.01. The van der Waals surface area contributed by atoms with Gasteiger partial charge in [0.25, 0.3) is 0 Å². The lowest BCUT2D eigenvalue weighted by molar-refractivity contribution is -0.140. The van der Waals surface area contributed by atoms with Crippen molar-refractivity contribution in [3.05, 3.63) is 0 Å². The lowest BCUT2D eigenvalue weighted by Gasteiger charge is -2.46. The number of nitrogens with zero attached hydrogens (tertiary/aromatic N) is 1. The van der Waals surface area contributed by atoms with Crippen molar-refractivity contribution in [2.24, 2.45) is 0 Å². The van der Waals surface area contributed by atoms with Gasteiger partial charge in [0.2, 0.25) is 12.3 Å². The highest BCUT2D eigenvalue weighted by Crippen LogP contribution is 2.27. The standard InChI is InChI=1S/C12H23N3O2/c1-10(2)15(11(17)8-14-9-16)12(3)4-6-13-7-5-12/h9-10,13H,4-8H2,1-3H3,(H,14,16). The Balaban J connectivity index is 2.76. The molecule has 2 N–H and O–H groups in total. The van der Waals surface area contributed by atoms with E-state index in [0.717, 1.165) is 25.9 Å². The van der Waals surface area contributed by atoms with Crippen LogP contribution in [0.15, 0.2) is 0 Å². The highest BCUT2D eigenvalue weighted by Gasteiger charge is 2.37. The van der Waals surface area contributed by atoms with Gasteiger partial charge in [-0.25, -0.2) is 0 Å². The third-order valence-electron chi connectivity index (χ3n) is 3.38. The molecule has 1 fully saturated rings. The predicted octanol–water partition coefficient (Wildman–Crippen LogP) is 0.112. The third-order valence-corrected chi connectivity index (χ3v) is 3.38. The molecule has 1 heterocycles. The predicted molar refractivity (Wildman–Crippen MR) is 66.6 cm³/mol. The first-order valence-corrected chi connectivity index (χ1v) is 6.21. The Bertz CT molecular complexity index is 273. The van der Waals surface area contributed by atoms with Crippen LogP contribution in [0.4, 0.5) is 0 Å². The van der Waals surface area contributed by atoms with Crippen LogP contribution in [0.25, 0.3) is 0 Å². The summed E-state index contributed by atoms with van der Waals surface area (Å²) in [5.74, 6) is -0.00324. The van der Waals surface area contributed by atoms with E-state index in [9.17, 15) is 9.59 Å². The second-order valence-electron chi connectivity index (χ2n) is 5.10. The average Bonchev–Trinajstić information content (AvgIpc) is 2.26. The summed E-state index contributed by atoms with van der Waals surface area (Å²) < 4.78 is 0. The van der Waals surface area contributed by atoms with Crippen molar-refractivity contribution in [3.63, 3.8) is 0 Å². The fourth-order valence-electron chi connectivity index (χ4n) is 2.63. The summed E-state index contributed by atoms with van der Waals surface area (Å²) in [5.41, 5.74) is -0.0962. The number of hydrogen-bond donors (Lipinski definition) is 2. The number of rotatable bonds is 5. The Kier molecular flexibility index (Phi) is 4.93. The van der Waals surface area contributed by atoms with Crippen LogP contribution in [0.1, 0.15) is 33.6 Å². The second-order valence-corrected chi connectivity index (χ2v) is 5.10. The van der Waals surface area contributed by atoms with Crippen molar-refractivity contribution in [3.8, 4) is 0 Å². The van der Waals surface area contributed by atoms with E-state index in [0.29, 0.717) is 6.41 Å². The zero-order valence-corrected chi connectivity index (χ0v) is 11.0. The van der Waals surface area contributed by atoms with Crippen LogP contribution in [-0.4, -0.2) is 48.4 Å². The Labute approximate surface area is 103 Å². The summed E-state index contributed by atoms with van der Waals surface area (Å²) >= 11 is 0. The van der Waals surface area contributed by atoms with E-state index in [1.165, 1.54) is 0 Å². The normalized spacial score (nSPS) is 18.8. The van der Waals surface area contributed by atoms with E-state index in [1.54, 1.807) is 0 Å². The largest absolute Gasteiger partial charge is 0.350 e. The maximum Gasteiger partial charge on any atom is 0.242 e. The van der Waals surface area contributed by atoms with Crippen molar-refractivity contribution in [1.82, 2.24) is 15.5 Å². The highest BCUT2D eigenvalue weighted by molar-refractivity contribution is 5.81. The summed E-state index contributed by atoms with van der Waals surface area (Å²) in [6.45, 7) is 8.14. The molecule has 5 nitrogen and oxygen atoms in total. The SMILES string of the molecule is CC(C)N(C(=O)CNC=O)C1(C)CCNCC1. The molecule has 0 unspecified atom stereocenters. The molecular weight excluding hydrogens is 218 g/mol. The maximum absolute atomic E-state index is 12.1. The quantitative estimate of drug-likeness (QED) is 0.672. The summed E-state index contributed by atoms with van der Waals surface area (Å²) in [6, 6.07) is 0.152. The Morgan fingerprint density at radius 3 is 2.53 bits per heavy atom. The van der Waals surface area contributed by atoms with E-state index in [4.69, 9.17) is 0 Å². The van der Waals surface area contributed by atoms with Gasteiger partial charge in [0.05, 0.1) is 6.54 Å². The molecule has 98 valence electrons. The van der Waals surface area contributed by atoms with Crippen molar-refractivity contribution < 1.29 is 9.59 Å². The molecule has 1 aliphatic rings. The van der Waals surface area contributed by atoms with E-state index >= 15 is 0 Å². The third kappa shape index (κ3) is 3.43. The Morgan fingerprint density at radius 1 is 1.47 bits per heavy atom. The number of hydrogen-bond acceptors (Lipinski definition) is 3. The van der Waals surface area contributed by atoms with Gasteiger partial charge in [0.1, 0.15) is 0 Å². The maximum atomic E-state index is 12.1. The van der Waals surface area contributed by atoms with Crippen LogP contribution in [-0.2, 0) is 9.59 Å². The van der Waals surface area contributed by atoms with Crippen LogP contribution in [0.5, 0.6) is 0 Å². The van der Waals surface area contributed by atoms with Crippen molar-refractivity contribution in [2.45, 2.75) is 45.2 Å². The molecule has 0 aromatic heterocycles. The summed E-state index contributed by atoms with van der Waals surface area (Å²) in [6.07, 6.45) is 2.48. The van der Waals surface area contributed by atoms with E-state index in [-0.39, 0.29) is 24.0 Å². The molecule has 5 heteroatoms. The first-order valence-electron chi connectivity index (χ1n) is 6.21. The van der Waals surface area contributed by atoms with Crippen LogP contribution < -0.4 is 10.6 Å². The average molecular weight is 241 g/mol. The minimum atomic E-state index is -0.0962. The molecule has 0 aromatic carbocycles. The van der Waals surface area contributed by atoms with Gasteiger partial charge in [-0.05, 0) is 46.7 Å². The molecule has 2 amide bonds. The fraction of sp³-hybridized carbons (Fsp3) is 0.833. The molecule has 0 saturated carbocycles. The number of carbonyl (C=O) groups excluding carboxylic acids is 2. The van der Waals surface area contributed by atoms with Gasteiger partial charge in [-0.3, -0.25) is 9.59 Å². The van der Waals surface area contributed by atoms with Gasteiger partial charge in [0, 0.05) is 11.6 Å². The molecule has 0 spiro atoms. The molecule has 0 radical (unpaired) electrons. The number of amides is 2. The number of nitrogens with one attached hydrogen (secondary N) is 2. The molecule has 1 aliphatic heterocycles. The minimum Gasteiger partial charge on any atom is -0.350 e. The molecule has 0 aliphatic carbocycles. The van der Waals surface area contributed by atoms with Crippen molar-refractivity contribution in [1.29, 1.82) is 0 Å². The molecule has 17 heavy (non-hydrogen) atoms. The molecular formula is C12H23N3O2. The minimum absolute atomic E-state index is 0.00324. The van der Waals surface area contributed by atoms with E-state index in [1.807, 2.05) is 18.7 Å². The monoisotopic (exact) mass is 241 g/mol. The van der Waals surface area contributed by atoms with Gasteiger partial charge in [0.15, 0.2) is 0 Å². The Morgan fingerprint density at radius 2 is 2.06 bits per heavy atom. The topological polar surface area (TPSA) is 61.4 Å². The van der Waals surface area contributed by atoms with Crippen LogP contribution in [0.2, 0.25) is 0 Å². The summed E-state index contributed by atoms with van der Waals surface area (Å²) in [4.78, 5) is 24.3.